The van der Waals surface area contributed by atoms with Gasteiger partial charge in [0.15, 0.2) is 5.82 Å². The molecule has 0 aliphatic heterocycles. The van der Waals surface area contributed by atoms with Crippen molar-refractivity contribution >= 4 is 17.5 Å². The van der Waals surface area contributed by atoms with Gasteiger partial charge in [0.1, 0.15) is 5.69 Å². The minimum absolute atomic E-state index is 0.411. The Kier molecular flexibility index (Phi) is 5.62. The van der Waals surface area contributed by atoms with Crippen LogP contribution in [0.5, 0.6) is 0 Å². The molecule has 1 heterocycles. The topological polar surface area (TPSA) is 51.8 Å². The number of nitrogen functional groups attached to an aromatic ring is 1. The van der Waals surface area contributed by atoms with Gasteiger partial charge in [-0.1, -0.05) is 34.6 Å². The van der Waals surface area contributed by atoms with Crippen LogP contribution in [-0.4, -0.2) is 8.75 Å². The van der Waals surface area contributed by atoms with E-state index in [1.165, 1.54) is 11.7 Å². The number of hydrogen-bond acceptors (Lipinski definition) is 4. The summed E-state index contributed by atoms with van der Waals surface area (Å²) in [4.78, 5) is 0. The highest BCUT2D eigenvalue weighted by atomic mass is 32.1. The Morgan fingerprint density at radius 2 is 1.69 bits per heavy atom. The monoisotopic (exact) mass is 201 g/mol. The standard InChI is InChI=1S/C7H13N3S.C2H6/c1-4(2)5(3)6-7(8)10-11-9-6;1-2/h4-5H,1-3H3,(H2,8,10);1-2H3. The molecular weight excluding hydrogens is 182 g/mol. The number of aromatic nitrogens is 2. The van der Waals surface area contributed by atoms with Gasteiger partial charge in [-0.2, -0.15) is 8.75 Å². The maximum absolute atomic E-state index is 5.62. The molecule has 1 rings (SSSR count). The van der Waals surface area contributed by atoms with Crippen molar-refractivity contribution in [1.29, 1.82) is 0 Å². The van der Waals surface area contributed by atoms with Crippen molar-refractivity contribution in [2.75, 3.05) is 5.73 Å². The number of nitrogens with zero attached hydrogens (tertiary/aromatic N) is 2. The average molecular weight is 201 g/mol. The van der Waals surface area contributed by atoms with Gasteiger partial charge in [0.2, 0.25) is 0 Å². The zero-order valence-electron chi connectivity index (χ0n) is 9.03. The molecule has 0 fully saturated rings. The lowest BCUT2D eigenvalue weighted by Crippen LogP contribution is -2.05. The molecule has 76 valence electrons. The minimum Gasteiger partial charge on any atom is -0.381 e. The lowest BCUT2D eigenvalue weighted by atomic mass is 9.95. The first-order valence-electron chi connectivity index (χ1n) is 4.71. The van der Waals surface area contributed by atoms with Crippen LogP contribution in [0.2, 0.25) is 0 Å². The first-order chi connectivity index (χ1) is 6.13. The molecule has 4 heteroatoms. The molecule has 0 saturated carbocycles. The molecule has 0 radical (unpaired) electrons. The van der Waals surface area contributed by atoms with Crippen molar-refractivity contribution in [2.24, 2.45) is 5.92 Å². The normalized spacial score (nSPS) is 12.2. The van der Waals surface area contributed by atoms with Gasteiger partial charge in [0.25, 0.3) is 0 Å². The number of anilines is 1. The summed E-state index contributed by atoms with van der Waals surface area (Å²) in [5, 5.41) is 0. The number of rotatable bonds is 2. The Morgan fingerprint density at radius 1 is 1.15 bits per heavy atom. The zero-order chi connectivity index (χ0) is 10.4. The summed E-state index contributed by atoms with van der Waals surface area (Å²) in [6.45, 7) is 10.4. The van der Waals surface area contributed by atoms with Gasteiger partial charge in [-0.3, -0.25) is 0 Å². The van der Waals surface area contributed by atoms with Crippen molar-refractivity contribution in [3.05, 3.63) is 5.69 Å². The van der Waals surface area contributed by atoms with E-state index in [2.05, 4.69) is 29.5 Å². The third-order valence-electron chi connectivity index (χ3n) is 1.97. The van der Waals surface area contributed by atoms with Crippen LogP contribution in [0, 0.1) is 5.92 Å². The van der Waals surface area contributed by atoms with E-state index in [0.29, 0.717) is 17.7 Å². The third kappa shape index (κ3) is 3.30. The molecule has 0 saturated heterocycles. The van der Waals surface area contributed by atoms with Gasteiger partial charge in [-0.05, 0) is 5.92 Å². The van der Waals surface area contributed by atoms with E-state index in [0.717, 1.165) is 5.69 Å². The van der Waals surface area contributed by atoms with E-state index in [-0.39, 0.29) is 0 Å². The van der Waals surface area contributed by atoms with Crippen LogP contribution in [-0.2, 0) is 0 Å². The summed E-state index contributed by atoms with van der Waals surface area (Å²) in [5.74, 6) is 1.58. The highest BCUT2D eigenvalue weighted by molar-refractivity contribution is 6.99. The van der Waals surface area contributed by atoms with Crippen LogP contribution in [0.15, 0.2) is 0 Å². The van der Waals surface area contributed by atoms with Crippen LogP contribution < -0.4 is 5.73 Å². The summed E-state index contributed by atoms with van der Waals surface area (Å²) in [6.07, 6.45) is 0. The first-order valence-corrected chi connectivity index (χ1v) is 5.44. The van der Waals surface area contributed by atoms with Crippen molar-refractivity contribution in [2.45, 2.75) is 40.5 Å². The molecule has 0 aliphatic carbocycles. The van der Waals surface area contributed by atoms with E-state index in [1.807, 2.05) is 13.8 Å². The van der Waals surface area contributed by atoms with Gasteiger partial charge < -0.3 is 5.73 Å². The molecule has 3 nitrogen and oxygen atoms in total. The van der Waals surface area contributed by atoms with Crippen LogP contribution in [0.4, 0.5) is 5.82 Å². The molecule has 2 N–H and O–H groups in total. The van der Waals surface area contributed by atoms with E-state index >= 15 is 0 Å². The second-order valence-corrected chi connectivity index (χ2v) is 3.60. The predicted octanol–water partition coefficient (Wildman–Crippen LogP) is 2.91. The SMILES string of the molecule is CC.CC(C)C(C)c1nsnc1N. The van der Waals surface area contributed by atoms with E-state index in [9.17, 15) is 0 Å². The van der Waals surface area contributed by atoms with Crippen molar-refractivity contribution < 1.29 is 0 Å². The van der Waals surface area contributed by atoms with E-state index in [1.54, 1.807) is 0 Å². The Hall–Kier alpha value is -0.640. The molecule has 13 heavy (non-hydrogen) atoms. The van der Waals surface area contributed by atoms with Gasteiger partial charge >= 0.3 is 0 Å². The molecule has 1 atom stereocenters. The number of hydrogen-bond donors (Lipinski definition) is 1. The molecule has 0 bridgehead atoms. The molecule has 1 unspecified atom stereocenters. The predicted molar refractivity (Wildman–Crippen MR) is 58.9 cm³/mol. The maximum Gasteiger partial charge on any atom is 0.160 e. The highest BCUT2D eigenvalue weighted by Gasteiger charge is 2.15. The largest absolute Gasteiger partial charge is 0.381 e. The van der Waals surface area contributed by atoms with Crippen LogP contribution in [0.3, 0.4) is 0 Å². The fraction of sp³-hybridized carbons (Fsp3) is 0.778. The van der Waals surface area contributed by atoms with Gasteiger partial charge in [0.05, 0.1) is 11.7 Å². The van der Waals surface area contributed by atoms with E-state index in [4.69, 9.17) is 5.73 Å². The molecule has 0 amide bonds. The Balaban J connectivity index is 0.000000671. The molecule has 1 aromatic rings. The van der Waals surface area contributed by atoms with Crippen molar-refractivity contribution in [3.63, 3.8) is 0 Å². The van der Waals surface area contributed by atoms with Gasteiger partial charge in [-0.15, -0.1) is 0 Å². The Bertz CT molecular complexity index is 233. The molecule has 0 spiro atoms. The minimum atomic E-state index is 0.411. The molecular formula is C9H19N3S. The summed E-state index contributed by atoms with van der Waals surface area (Å²) in [7, 11) is 0. The quantitative estimate of drug-likeness (QED) is 0.800. The van der Waals surface area contributed by atoms with Crippen molar-refractivity contribution in [3.8, 4) is 0 Å². The van der Waals surface area contributed by atoms with Crippen LogP contribution in [0.25, 0.3) is 0 Å². The molecule has 1 aromatic heterocycles. The molecule has 0 aromatic carbocycles. The first kappa shape index (κ1) is 12.4. The smallest absolute Gasteiger partial charge is 0.160 e. The second-order valence-electron chi connectivity index (χ2n) is 3.07. The summed E-state index contributed by atoms with van der Waals surface area (Å²) in [5.41, 5.74) is 6.57. The number of nitrogens with two attached hydrogens (primary N) is 1. The fourth-order valence-electron chi connectivity index (χ4n) is 0.834. The third-order valence-corrected chi connectivity index (χ3v) is 2.53. The van der Waals surface area contributed by atoms with E-state index < -0.39 is 0 Å². The average Bonchev–Trinajstić information content (AvgIpc) is 2.53. The Labute approximate surface area is 84.7 Å². The lowest BCUT2D eigenvalue weighted by molar-refractivity contribution is 0.528. The fourth-order valence-corrected chi connectivity index (χ4v) is 1.40. The summed E-state index contributed by atoms with van der Waals surface area (Å²) in [6, 6.07) is 0. The molecule has 0 aliphatic rings. The lowest BCUT2D eigenvalue weighted by Gasteiger charge is -2.11. The van der Waals surface area contributed by atoms with Gasteiger partial charge in [-0.25, -0.2) is 0 Å². The second kappa shape index (κ2) is 5.91. The Morgan fingerprint density at radius 3 is 2.00 bits per heavy atom. The maximum atomic E-state index is 5.62. The van der Waals surface area contributed by atoms with Crippen molar-refractivity contribution in [1.82, 2.24) is 8.75 Å². The summed E-state index contributed by atoms with van der Waals surface area (Å²) >= 11 is 1.19. The van der Waals surface area contributed by atoms with Gasteiger partial charge in [0, 0.05) is 5.92 Å². The highest BCUT2D eigenvalue weighted by Crippen LogP contribution is 2.25. The zero-order valence-corrected chi connectivity index (χ0v) is 9.85. The van der Waals surface area contributed by atoms with Crippen LogP contribution in [0.1, 0.15) is 46.2 Å². The van der Waals surface area contributed by atoms with Crippen LogP contribution >= 0.6 is 11.7 Å². The summed E-state index contributed by atoms with van der Waals surface area (Å²) < 4.78 is 8.07.